The standard InChI is InChI=1S/C22H22N4O2/c1-3-16-20(15-10-5-4-6-11-15)21-24-22(28)18(26(21)25-16)13-19(27)23-17-12-8-7-9-14(17)2/h4-12,18H,3,13H2,1-2H3,(H,23,27)(H,24,28). The highest BCUT2D eigenvalue weighted by atomic mass is 16.2. The van der Waals surface area contributed by atoms with Gasteiger partial charge in [0, 0.05) is 11.3 Å². The van der Waals surface area contributed by atoms with Crippen molar-refractivity contribution in [2.24, 2.45) is 0 Å². The zero-order chi connectivity index (χ0) is 19.7. The van der Waals surface area contributed by atoms with Crippen LogP contribution in [0.3, 0.4) is 0 Å². The number of nitrogens with zero attached hydrogens (tertiary/aromatic N) is 2. The molecule has 2 N–H and O–H groups in total. The van der Waals surface area contributed by atoms with Gasteiger partial charge in [0.25, 0.3) is 5.91 Å². The summed E-state index contributed by atoms with van der Waals surface area (Å²) in [6.45, 7) is 3.97. The second-order valence-electron chi connectivity index (χ2n) is 6.91. The minimum Gasteiger partial charge on any atom is -0.326 e. The third-order valence-corrected chi connectivity index (χ3v) is 5.02. The minimum absolute atomic E-state index is 0.0340. The lowest BCUT2D eigenvalue weighted by atomic mass is 10.0. The summed E-state index contributed by atoms with van der Waals surface area (Å²) in [6, 6.07) is 16.8. The van der Waals surface area contributed by atoms with Crippen molar-refractivity contribution in [1.29, 1.82) is 0 Å². The second-order valence-corrected chi connectivity index (χ2v) is 6.91. The monoisotopic (exact) mass is 374 g/mol. The molecule has 4 rings (SSSR count). The van der Waals surface area contributed by atoms with Gasteiger partial charge in [-0.2, -0.15) is 5.10 Å². The summed E-state index contributed by atoms with van der Waals surface area (Å²) in [4.78, 5) is 25.2. The largest absolute Gasteiger partial charge is 0.326 e. The van der Waals surface area contributed by atoms with Crippen molar-refractivity contribution >= 4 is 23.3 Å². The van der Waals surface area contributed by atoms with Gasteiger partial charge in [-0.3, -0.25) is 9.59 Å². The van der Waals surface area contributed by atoms with Gasteiger partial charge in [-0.15, -0.1) is 0 Å². The zero-order valence-corrected chi connectivity index (χ0v) is 15.9. The van der Waals surface area contributed by atoms with Crippen LogP contribution in [0.1, 0.15) is 30.6 Å². The molecule has 0 aliphatic carbocycles. The number of nitrogens with one attached hydrogen (secondary N) is 2. The number of rotatable bonds is 5. The number of hydrogen-bond acceptors (Lipinski definition) is 3. The molecule has 2 amide bonds. The van der Waals surface area contributed by atoms with E-state index < -0.39 is 6.04 Å². The summed E-state index contributed by atoms with van der Waals surface area (Å²) in [5.41, 5.74) is 4.58. The summed E-state index contributed by atoms with van der Waals surface area (Å²) in [5.74, 6) is 0.251. The molecule has 2 aromatic carbocycles. The van der Waals surface area contributed by atoms with Crippen LogP contribution in [0.15, 0.2) is 54.6 Å². The maximum atomic E-state index is 12.6. The molecule has 3 aromatic rings. The van der Waals surface area contributed by atoms with Gasteiger partial charge >= 0.3 is 0 Å². The molecule has 1 aliphatic rings. The number of benzene rings is 2. The molecular formula is C22H22N4O2. The molecule has 0 saturated heterocycles. The van der Waals surface area contributed by atoms with E-state index in [4.69, 9.17) is 0 Å². The number of hydrogen-bond donors (Lipinski definition) is 2. The first-order chi connectivity index (χ1) is 13.6. The van der Waals surface area contributed by atoms with E-state index in [0.717, 1.165) is 34.5 Å². The maximum Gasteiger partial charge on any atom is 0.251 e. The fraction of sp³-hybridized carbons (Fsp3) is 0.227. The first-order valence-electron chi connectivity index (χ1n) is 9.41. The molecule has 0 fully saturated rings. The van der Waals surface area contributed by atoms with Crippen molar-refractivity contribution in [3.63, 3.8) is 0 Å². The third-order valence-electron chi connectivity index (χ3n) is 5.02. The van der Waals surface area contributed by atoms with Crippen molar-refractivity contribution < 1.29 is 9.59 Å². The number of aryl methyl sites for hydroxylation is 2. The van der Waals surface area contributed by atoms with E-state index >= 15 is 0 Å². The van der Waals surface area contributed by atoms with E-state index in [9.17, 15) is 9.59 Å². The Kier molecular flexibility index (Phi) is 4.69. The first kappa shape index (κ1) is 18.0. The Bertz CT molecular complexity index is 1040. The van der Waals surface area contributed by atoms with E-state index in [2.05, 4.69) is 15.7 Å². The zero-order valence-electron chi connectivity index (χ0n) is 15.9. The molecule has 1 aromatic heterocycles. The van der Waals surface area contributed by atoms with E-state index in [-0.39, 0.29) is 18.2 Å². The van der Waals surface area contributed by atoms with Crippen LogP contribution in [0.25, 0.3) is 11.1 Å². The quantitative estimate of drug-likeness (QED) is 0.710. The molecular weight excluding hydrogens is 352 g/mol. The molecule has 6 heteroatoms. The Hall–Kier alpha value is -3.41. The Morgan fingerprint density at radius 3 is 2.57 bits per heavy atom. The Balaban J connectivity index is 1.62. The van der Waals surface area contributed by atoms with Gasteiger partial charge in [-0.1, -0.05) is 55.5 Å². The lowest BCUT2D eigenvalue weighted by molar-refractivity contribution is -0.123. The van der Waals surface area contributed by atoms with E-state index in [1.807, 2.05) is 68.4 Å². The lowest BCUT2D eigenvalue weighted by Crippen LogP contribution is -2.24. The smallest absolute Gasteiger partial charge is 0.251 e. The van der Waals surface area contributed by atoms with E-state index in [0.29, 0.717) is 5.82 Å². The number of carbonyl (C=O) groups excluding carboxylic acids is 2. The van der Waals surface area contributed by atoms with E-state index in [1.54, 1.807) is 4.68 Å². The summed E-state index contributed by atoms with van der Waals surface area (Å²) < 4.78 is 1.67. The Morgan fingerprint density at radius 1 is 1.14 bits per heavy atom. The Morgan fingerprint density at radius 2 is 1.86 bits per heavy atom. The fourth-order valence-corrected chi connectivity index (χ4v) is 3.56. The molecule has 1 atom stereocenters. The van der Waals surface area contributed by atoms with Crippen molar-refractivity contribution in [3.05, 3.63) is 65.9 Å². The molecule has 0 spiro atoms. The van der Waals surface area contributed by atoms with Crippen LogP contribution < -0.4 is 10.6 Å². The third kappa shape index (κ3) is 3.17. The summed E-state index contributed by atoms with van der Waals surface area (Å²) in [6.07, 6.45) is 0.772. The van der Waals surface area contributed by atoms with Crippen LogP contribution in [0.5, 0.6) is 0 Å². The van der Waals surface area contributed by atoms with Gasteiger partial charge in [0.15, 0.2) is 0 Å². The SMILES string of the molecule is CCc1nn2c(c1-c1ccccc1)NC(=O)C2CC(=O)Nc1ccccc1C. The highest BCUT2D eigenvalue weighted by Crippen LogP contribution is 2.38. The summed E-state index contributed by atoms with van der Waals surface area (Å²) >= 11 is 0. The van der Waals surface area contributed by atoms with Gasteiger partial charge in [0.2, 0.25) is 5.91 Å². The molecule has 1 aliphatic heterocycles. The molecule has 0 saturated carbocycles. The predicted molar refractivity (Wildman–Crippen MR) is 109 cm³/mol. The highest BCUT2D eigenvalue weighted by Gasteiger charge is 2.36. The number of amides is 2. The van der Waals surface area contributed by atoms with Crippen LogP contribution in [-0.2, 0) is 16.0 Å². The normalized spacial score (nSPS) is 15.2. The summed E-state index contributed by atoms with van der Waals surface area (Å²) in [7, 11) is 0. The van der Waals surface area contributed by atoms with Gasteiger partial charge < -0.3 is 10.6 Å². The second kappa shape index (κ2) is 7.31. The van der Waals surface area contributed by atoms with Crippen LogP contribution in [0, 0.1) is 6.92 Å². The average molecular weight is 374 g/mol. The molecule has 142 valence electrons. The number of aromatic nitrogens is 2. The first-order valence-corrected chi connectivity index (χ1v) is 9.41. The number of anilines is 2. The number of carbonyl (C=O) groups is 2. The van der Waals surface area contributed by atoms with Crippen LogP contribution in [0.2, 0.25) is 0 Å². The molecule has 0 radical (unpaired) electrons. The van der Waals surface area contributed by atoms with E-state index in [1.165, 1.54) is 0 Å². The van der Waals surface area contributed by atoms with Crippen molar-refractivity contribution in [2.75, 3.05) is 10.6 Å². The molecule has 2 heterocycles. The maximum absolute atomic E-state index is 12.6. The number of fused-ring (bicyclic) bond motifs is 1. The molecule has 1 unspecified atom stereocenters. The summed E-state index contributed by atoms with van der Waals surface area (Å²) in [5, 5.41) is 10.5. The van der Waals surface area contributed by atoms with Crippen molar-refractivity contribution in [1.82, 2.24) is 9.78 Å². The molecule has 28 heavy (non-hydrogen) atoms. The molecule has 0 bridgehead atoms. The topological polar surface area (TPSA) is 76.0 Å². The average Bonchev–Trinajstić information content (AvgIpc) is 3.20. The van der Waals surface area contributed by atoms with Crippen LogP contribution in [0.4, 0.5) is 11.5 Å². The highest BCUT2D eigenvalue weighted by molar-refractivity contribution is 6.04. The van der Waals surface area contributed by atoms with Crippen molar-refractivity contribution in [2.45, 2.75) is 32.7 Å². The number of para-hydroxylation sites is 1. The van der Waals surface area contributed by atoms with Crippen molar-refractivity contribution in [3.8, 4) is 11.1 Å². The van der Waals surface area contributed by atoms with Crippen LogP contribution in [-0.4, -0.2) is 21.6 Å². The Labute approximate surface area is 163 Å². The minimum atomic E-state index is -0.651. The molecule has 6 nitrogen and oxygen atoms in total. The van der Waals surface area contributed by atoms with Gasteiger partial charge in [-0.25, -0.2) is 4.68 Å². The predicted octanol–water partition coefficient (Wildman–Crippen LogP) is 3.94. The van der Waals surface area contributed by atoms with Gasteiger partial charge in [0.1, 0.15) is 11.9 Å². The van der Waals surface area contributed by atoms with Gasteiger partial charge in [-0.05, 0) is 30.5 Å². The van der Waals surface area contributed by atoms with Gasteiger partial charge in [0.05, 0.1) is 12.1 Å². The lowest BCUT2D eigenvalue weighted by Gasteiger charge is -2.11. The fourth-order valence-electron chi connectivity index (χ4n) is 3.56. The van der Waals surface area contributed by atoms with Crippen LogP contribution >= 0.6 is 0 Å².